The minimum absolute atomic E-state index is 0.321. The highest BCUT2D eigenvalue weighted by atomic mass is 35.5. The van der Waals surface area contributed by atoms with Gasteiger partial charge in [0, 0.05) is 30.6 Å². The zero-order valence-corrected chi connectivity index (χ0v) is 12.4. The molecule has 3 aromatic heterocycles. The molecule has 0 saturated carbocycles. The van der Waals surface area contributed by atoms with Gasteiger partial charge in [-0.2, -0.15) is 0 Å². The maximum atomic E-state index is 13.3. The average molecular weight is 319 g/mol. The molecule has 1 amide bonds. The van der Waals surface area contributed by atoms with Crippen LogP contribution in [-0.2, 0) is 11.3 Å². The summed E-state index contributed by atoms with van der Waals surface area (Å²) < 4.78 is 15.0. The van der Waals surface area contributed by atoms with E-state index in [2.05, 4.69) is 15.3 Å². The molecular weight excluding hydrogens is 307 g/mol. The third kappa shape index (κ3) is 2.42. The van der Waals surface area contributed by atoms with Gasteiger partial charge in [-0.25, -0.2) is 14.4 Å². The fraction of sp³-hybridized carbons (Fsp3) is 0.133. The van der Waals surface area contributed by atoms with E-state index in [1.165, 1.54) is 12.1 Å². The van der Waals surface area contributed by atoms with Gasteiger partial charge >= 0.3 is 0 Å². The number of carbonyl (C=O) groups excluding carboxylic acids is 1. The third-order valence-corrected chi connectivity index (χ3v) is 3.89. The molecule has 0 aliphatic carbocycles. The van der Waals surface area contributed by atoms with Crippen molar-refractivity contribution in [3.05, 3.63) is 52.8 Å². The number of nitrogens with zero attached hydrogens (tertiary/aromatic N) is 3. The number of aromatic nitrogens is 3. The van der Waals surface area contributed by atoms with E-state index in [0.29, 0.717) is 23.8 Å². The van der Waals surface area contributed by atoms with Crippen LogP contribution in [0.5, 0.6) is 0 Å². The van der Waals surface area contributed by atoms with Crippen LogP contribution in [0.25, 0.3) is 16.9 Å². The predicted molar refractivity (Wildman–Crippen MR) is 81.0 cm³/mol. The molecule has 0 fully saturated rings. The van der Waals surface area contributed by atoms with Gasteiger partial charge in [0.2, 0.25) is 6.41 Å². The highest BCUT2D eigenvalue weighted by Crippen LogP contribution is 2.29. The highest BCUT2D eigenvalue weighted by molar-refractivity contribution is 6.30. The second-order valence-corrected chi connectivity index (χ2v) is 5.14. The lowest BCUT2D eigenvalue weighted by molar-refractivity contribution is -0.109. The summed E-state index contributed by atoms with van der Waals surface area (Å²) >= 11 is 6.07. The van der Waals surface area contributed by atoms with E-state index in [-0.39, 0.29) is 5.82 Å². The molecule has 3 aromatic rings. The minimum Gasteiger partial charge on any atom is -0.355 e. The molecule has 7 heteroatoms. The van der Waals surface area contributed by atoms with Crippen molar-refractivity contribution in [1.82, 2.24) is 19.7 Å². The van der Waals surface area contributed by atoms with Crippen molar-refractivity contribution in [3.63, 3.8) is 0 Å². The van der Waals surface area contributed by atoms with Crippen LogP contribution in [0.4, 0.5) is 4.39 Å². The van der Waals surface area contributed by atoms with Crippen LogP contribution >= 0.6 is 11.6 Å². The summed E-state index contributed by atoms with van der Waals surface area (Å²) in [7, 11) is 0. The van der Waals surface area contributed by atoms with Gasteiger partial charge in [-0.3, -0.25) is 9.20 Å². The largest absolute Gasteiger partial charge is 0.355 e. The fourth-order valence-electron chi connectivity index (χ4n) is 2.37. The Morgan fingerprint density at radius 3 is 3.00 bits per heavy atom. The van der Waals surface area contributed by atoms with Crippen molar-refractivity contribution in [2.24, 2.45) is 0 Å². The molecule has 112 valence electrons. The van der Waals surface area contributed by atoms with Crippen LogP contribution in [0, 0.1) is 12.7 Å². The van der Waals surface area contributed by atoms with Crippen molar-refractivity contribution in [3.8, 4) is 11.3 Å². The quantitative estimate of drug-likeness (QED) is 0.594. The number of carbonyl (C=O) groups is 1. The van der Waals surface area contributed by atoms with E-state index in [4.69, 9.17) is 11.6 Å². The number of imidazole rings is 1. The molecule has 5 nitrogen and oxygen atoms in total. The molecule has 0 aliphatic rings. The average Bonchev–Trinajstić information content (AvgIpc) is 2.91. The summed E-state index contributed by atoms with van der Waals surface area (Å²) in [6, 6.07) is 2.71. The number of rotatable bonds is 4. The first-order valence-electron chi connectivity index (χ1n) is 6.56. The Hall–Kier alpha value is -2.47. The van der Waals surface area contributed by atoms with E-state index >= 15 is 0 Å². The first kappa shape index (κ1) is 14.5. The van der Waals surface area contributed by atoms with E-state index in [9.17, 15) is 9.18 Å². The van der Waals surface area contributed by atoms with Gasteiger partial charge < -0.3 is 5.32 Å². The van der Waals surface area contributed by atoms with Gasteiger partial charge in [-0.05, 0) is 24.1 Å². The highest BCUT2D eigenvalue weighted by Gasteiger charge is 2.15. The van der Waals surface area contributed by atoms with Gasteiger partial charge in [-0.15, -0.1) is 0 Å². The van der Waals surface area contributed by atoms with Crippen LogP contribution in [0.3, 0.4) is 0 Å². The first-order chi connectivity index (χ1) is 10.6. The maximum Gasteiger partial charge on any atom is 0.207 e. The number of amides is 1. The molecule has 0 radical (unpaired) electrons. The summed E-state index contributed by atoms with van der Waals surface area (Å²) in [5.74, 6) is -0.349. The standard InChI is InChI=1S/C15H12ClFN4O/c1-9-11(5-18-8-22)12(6-20-15(9)16)13-7-19-14-4-10(17)2-3-21(13)14/h2-4,6-8H,5H2,1H3,(H,18,22). The lowest BCUT2D eigenvalue weighted by Gasteiger charge is -2.13. The molecule has 3 heterocycles. The van der Waals surface area contributed by atoms with Crippen molar-refractivity contribution in [1.29, 1.82) is 0 Å². The van der Waals surface area contributed by atoms with E-state index in [1.54, 1.807) is 23.0 Å². The molecule has 0 unspecified atom stereocenters. The van der Waals surface area contributed by atoms with Crippen molar-refractivity contribution < 1.29 is 9.18 Å². The van der Waals surface area contributed by atoms with Crippen LogP contribution in [0.2, 0.25) is 5.15 Å². The van der Waals surface area contributed by atoms with Crippen molar-refractivity contribution in [2.45, 2.75) is 13.5 Å². The summed E-state index contributed by atoms with van der Waals surface area (Å²) in [6.07, 6.45) is 5.50. The molecule has 0 aliphatic heterocycles. The van der Waals surface area contributed by atoms with Crippen molar-refractivity contribution >= 4 is 23.7 Å². The van der Waals surface area contributed by atoms with Crippen molar-refractivity contribution in [2.75, 3.05) is 0 Å². The molecule has 1 N–H and O–H groups in total. The lowest BCUT2D eigenvalue weighted by atomic mass is 10.0. The number of hydrogen-bond acceptors (Lipinski definition) is 3. The summed E-state index contributed by atoms with van der Waals surface area (Å²) in [6.45, 7) is 2.16. The molecule has 0 spiro atoms. The maximum absolute atomic E-state index is 13.3. The smallest absolute Gasteiger partial charge is 0.207 e. The topological polar surface area (TPSA) is 59.3 Å². The van der Waals surface area contributed by atoms with E-state index in [0.717, 1.165) is 22.4 Å². The molecular formula is C15H12ClFN4O. The van der Waals surface area contributed by atoms with E-state index < -0.39 is 0 Å². The van der Waals surface area contributed by atoms with Crippen LogP contribution < -0.4 is 5.32 Å². The van der Waals surface area contributed by atoms with Gasteiger partial charge in [0.25, 0.3) is 0 Å². The molecule has 0 bridgehead atoms. The Bertz CT molecular complexity index is 862. The fourth-order valence-corrected chi connectivity index (χ4v) is 2.53. The van der Waals surface area contributed by atoms with Gasteiger partial charge in [-0.1, -0.05) is 11.6 Å². The van der Waals surface area contributed by atoms with Gasteiger partial charge in [0.15, 0.2) is 0 Å². The number of halogens is 2. The monoisotopic (exact) mass is 318 g/mol. The molecule has 0 saturated heterocycles. The zero-order chi connectivity index (χ0) is 15.7. The molecule has 22 heavy (non-hydrogen) atoms. The zero-order valence-electron chi connectivity index (χ0n) is 11.7. The number of pyridine rings is 2. The van der Waals surface area contributed by atoms with Crippen LogP contribution in [0.15, 0.2) is 30.7 Å². The molecule has 0 atom stereocenters. The number of hydrogen-bond donors (Lipinski definition) is 1. The van der Waals surface area contributed by atoms with Crippen LogP contribution in [-0.4, -0.2) is 20.8 Å². The predicted octanol–water partition coefficient (Wildman–Crippen LogP) is 2.74. The lowest BCUT2D eigenvalue weighted by Crippen LogP contribution is -2.13. The minimum atomic E-state index is -0.349. The second-order valence-electron chi connectivity index (χ2n) is 4.78. The Morgan fingerprint density at radius 1 is 1.41 bits per heavy atom. The second kappa shape index (κ2) is 5.73. The number of nitrogens with one attached hydrogen (secondary N) is 1. The Kier molecular flexibility index (Phi) is 3.77. The Morgan fingerprint density at radius 2 is 2.23 bits per heavy atom. The summed E-state index contributed by atoms with van der Waals surface area (Å²) in [5, 5.41) is 3.02. The Balaban J connectivity index is 2.21. The third-order valence-electron chi connectivity index (χ3n) is 3.51. The van der Waals surface area contributed by atoms with Gasteiger partial charge in [0.1, 0.15) is 16.6 Å². The van der Waals surface area contributed by atoms with Gasteiger partial charge in [0.05, 0.1) is 11.9 Å². The SMILES string of the molecule is Cc1c(Cl)ncc(-c2cnc3cc(F)ccn23)c1CNC=O. The Labute approximate surface area is 130 Å². The number of fused-ring (bicyclic) bond motifs is 1. The normalized spacial score (nSPS) is 10.9. The first-order valence-corrected chi connectivity index (χ1v) is 6.93. The van der Waals surface area contributed by atoms with Crippen LogP contribution in [0.1, 0.15) is 11.1 Å². The van der Waals surface area contributed by atoms with E-state index in [1.807, 2.05) is 6.92 Å². The summed E-state index contributed by atoms with van der Waals surface area (Å²) in [4.78, 5) is 19.0. The summed E-state index contributed by atoms with van der Waals surface area (Å²) in [5.41, 5.74) is 3.67. The molecule has 3 rings (SSSR count). The molecule has 0 aromatic carbocycles.